The lowest BCUT2D eigenvalue weighted by Gasteiger charge is -2.37. The molecule has 3 unspecified atom stereocenters. The molecule has 2 aliphatic carbocycles. The minimum absolute atomic E-state index is 0.327. The van der Waals surface area contributed by atoms with E-state index in [2.05, 4.69) is 153 Å². The molecule has 2 heteroatoms. The van der Waals surface area contributed by atoms with E-state index in [1.54, 1.807) is 5.56 Å². The highest BCUT2D eigenvalue weighted by molar-refractivity contribution is 5.92. The molecule has 3 aromatic carbocycles. The van der Waals surface area contributed by atoms with E-state index in [-0.39, 0.29) is 11.1 Å². The van der Waals surface area contributed by atoms with E-state index in [0.717, 1.165) is 19.3 Å². The van der Waals surface area contributed by atoms with Crippen molar-refractivity contribution in [3.05, 3.63) is 137 Å². The summed E-state index contributed by atoms with van der Waals surface area (Å²) in [4.78, 5) is 0. The summed E-state index contributed by atoms with van der Waals surface area (Å²) in [6.45, 7) is 15.6. The molecule has 0 bridgehead atoms. The van der Waals surface area contributed by atoms with E-state index < -0.39 is 0 Å². The Labute approximate surface area is 270 Å². The lowest BCUT2D eigenvalue weighted by molar-refractivity contribution is 0.463. The fraction of sp³-hybridized carbons (Fsp3) is 0.349. The average molecular weight is 595 g/mol. The summed E-state index contributed by atoms with van der Waals surface area (Å²) in [6, 6.07) is 27.5. The van der Waals surface area contributed by atoms with Gasteiger partial charge in [-0.3, -0.25) is 0 Å². The third-order valence-corrected chi connectivity index (χ3v) is 10.4. The van der Waals surface area contributed by atoms with Crippen molar-refractivity contribution in [2.45, 2.75) is 97.6 Å². The van der Waals surface area contributed by atoms with Gasteiger partial charge in [-0.1, -0.05) is 118 Å². The highest BCUT2D eigenvalue weighted by Gasteiger charge is 2.36. The molecule has 0 radical (unpaired) electrons. The minimum Gasteiger partial charge on any atom is -0.331 e. The van der Waals surface area contributed by atoms with Crippen LogP contribution in [0.1, 0.15) is 107 Å². The molecule has 2 nitrogen and oxygen atoms in total. The Hall–Kier alpha value is -4.04. The molecule has 2 aromatic heterocycles. The van der Waals surface area contributed by atoms with Crippen LogP contribution >= 0.6 is 0 Å². The summed E-state index contributed by atoms with van der Waals surface area (Å²) in [5.74, 6) is 0.580. The first-order valence-corrected chi connectivity index (χ1v) is 17.2. The number of hydrogen-bond donors (Lipinski definition) is 0. The van der Waals surface area contributed by atoms with Gasteiger partial charge in [-0.2, -0.15) is 0 Å². The molecule has 3 atom stereocenters. The monoisotopic (exact) mass is 594 g/mol. The average Bonchev–Trinajstić information content (AvgIpc) is 3.60. The maximum Gasteiger partial charge on any atom is 0.0855 e. The van der Waals surface area contributed by atoms with Crippen LogP contribution in [0.3, 0.4) is 0 Å². The summed E-state index contributed by atoms with van der Waals surface area (Å²) < 4.78 is 5.30. The molecular weight excluding hydrogens is 544 g/mol. The van der Waals surface area contributed by atoms with Crippen molar-refractivity contribution in [3.8, 4) is 0 Å². The Kier molecular flexibility index (Phi) is 8.53. The molecule has 0 aliphatic heterocycles. The molecule has 0 saturated heterocycles. The van der Waals surface area contributed by atoms with Crippen LogP contribution in [0, 0.1) is 0 Å². The van der Waals surface area contributed by atoms with Crippen LogP contribution in [0.2, 0.25) is 0 Å². The summed E-state index contributed by atoms with van der Waals surface area (Å²) >= 11 is 0. The van der Waals surface area contributed by atoms with Crippen LogP contribution in [-0.4, -0.2) is 9.13 Å². The lowest BCUT2D eigenvalue weighted by Crippen LogP contribution is -2.34. The van der Waals surface area contributed by atoms with E-state index in [1.807, 2.05) is 13.8 Å². The smallest absolute Gasteiger partial charge is 0.0855 e. The topological polar surface area (TPSA) is 9.86 Å². The van der Waals surface area contributed by atoms with Crippen LogP contribution in [0.5, 0.6) is 0 Å². The molecule has 7 rings (SSSR count). The molecule has 0 N–H and O–H groups in total. The largest absolute Gasteiger partial charge is 0.331 e. The lowest BCUT2D eigenvalue weighted by atomic mass is 9.83. The summed E-state index contributed by atoms with van der Waals surface area (Å²) in [5, 5.41) is 2.77. The molecule has 0 amide bonds. The van der Waals surface area contributed by atoms with Crippen molar-refractivity contribution in [1.82, 2.24) is 9.13 Å². The van der Waals surface area contributed by atoms with Gasteiger partial charge in [0.2, 0.25) is 0 Å². The Morgan fingerprint density at radius 1 is 0.711 bits per heavy atom. The Balaban J connectivity index is 0.00000175. The van der Waals surface area contributed by atoms with E-state index in [9.17, 15) is 0 Å². The number of benzene rings is 3. The van der Waals surface area contributed by atoms with E-state index in [1.165, 1.54) is 62.7 Å². The van der Waals surface area contributed by atoms with Crippen LogP contribution in [-0.2, 0) is 23.9 Å². The molecule has 5 aromatic rings. The van der Waals surface area contributed by atoms with E-state index in [0.29, 0.717) is 5.92 Å². The van der Waals surface area contributed by atoms with Gasteiger partial charge in [0.1, 0.15) is 0 Å². The number of rotatable bonds is 6. The van der Waals surface area contributed by atoms with Gasteiger partial charge in [0.25, 0.3) is 0 Å². The number of para-hydroxylation sites is 2. The van der Waals surface area contributed by atoms with Gasteiger partial charge in [-0.25, -0.2) is 0 Å². The Morgan fingerprint density at radius 2 is 1.29 bits per heavy atom. The maximum absolute atomic E-state index is 2.68. The van der Waals surface area contributed by atoms with Gasteiger partial charge in [-0.05, 0) is 94.5 Å². The molecule has 2 aliphatic rings. The summed E-state index contributed by atoms with van der Waals surface area (Å²) in [6.07, 6.45) is 19.8. The van der Waals surface area contributed by atoms with Gasteiger partial charge in [0.05, 0.1) is 11.1 Å². The van der Waals surface area contributed by atoms with E-state index in [4.69, 9.17) is 0 Å². The number of fused-ring (bicyclic) bond motifs is 6. The molecule has 0 fully saturated rings. The second-order valence-corrected chi connectivity index (χ2v) is 13.0. The second-order valence-electron chi connectivity index (χ2n) is 13.0. The van der Waals surface area contributed by atoms with Crippen molar-refractivity contribution < 1.29 is 0 Å². The zero-order valence-corrected chi connectivity index (χ0v) is 28.4. The van der Waals surface area contributed by atoms with Gasteiger partial charge in [-0.15, -0.1) is 0 Å². The van der Waals surface area contributed by atoms with Crippen LogP contribution < -0.4 is 0 Å². The predicted octanol–water partition coefficient (Wildman–Crippen LogP) is 11.7. The highest BCUT2D eigenvalue weighted by Crippen LogP contribution is 2.45. The minimum atomic E-state index is -0.341. The number of nitrogens with zero attached hydrogens (tertiary/aromatic N) is 2. The van der Waals surface area contributed by atoms with Gasteiger partial charge in [0, 0.05) is 38.8 Å². The molecular formula is C43H50N2. The first kappa shape index (κ1) is 31.0. The highest BCUT2D eigenvalue weighted by atomic mass is 15.1. The molecule has 232 valence electrons. The van der Waals surface area contributed by atoms with Gasteiger partial charge in [0.15, 0.2) is 0 Å². The van der Waals surface area contributed by atoms with Crippen molar-refractivity contribution in [3.63, 3.8) is 0 Å². The number of allylic oxidation sites excluding steroid dienone is 5. The zero-order valence-electron chi connectivity index (χ0n) is 28.4. The molecule has 0 saturated carbocycles. The fourth-order valence-electron chi connectivity index (χ4n) is 8.46. The van der Waals surface area contributed by atoms with Crippen molar-refractivity contribution in [2.75, 3.05) is 0 Å². The van der Waals surface area contributed by atoms with Crippen molar-refractivity contribution >= 4 is 27.9 Å². The SMILES string of the molecule is CC.CC=CC(C)(c1cccc(C(C)(C=CC)n2c3c(c4ccccc42)C(C)CCC3)c1)n1c2c(c3ccccc31)C=CCC2. The predicted molar refractivity (Wildman–Crippen MR) is 196 cm³/mol. The van der Waals surface area contributed by atoms with Gasteiger partial charge < -0.3 is 9.13 Å². The zero-order chi connectivity index (χ0) is 31.8. The summed E-state index contributed by atoms with van der Waals surface area (Å²) in [7, 11) is 0. The van der Waals surface area contributed by atoms with Crippen LogP contribution in [0.25, 0.3) is 27.9 Å². The first-order valence-electron chi connectivity index (χ1n) is 17.2. The second kappa shape index (κ2) is 12.4. The third-order valence-electron chi connectivity index (χ3n) is 10.4. The van der Waals surface area contributed by atoms with Gasteiger partial charge >= 0.3 is 0 Å². The number of aromatic nitrogens is 2. The van der Waals surface area contributed by atoms with E-state index >= 15 is 0 Å². The first-order chi connectivity index (χ1) is 21.9. The number of hydrogen-bond acceptors (Lipinski definition) is 0. The third kappa shape index (κ3) is 4.85. The normalized spacial score (nSPS) is 18.9. The van der Waals surface area contributed by atoms with Crippen molar-refractivity contribution in [2.24, 2.45) is 0 Å². The Morgan fingerprint density at radius 3 is 1.93 bits per heavy atom. The fourth-order valence-corrected chi connectivity index (χ4v) is 8.46. The summed E-state index contributed by atoms with van der Waals surface area (Å²) in [5.41, 5.74) is 10.5. The standard InChI is InChI=1S/C41H44N2.C2H6/c1-6-26-40(4,42-35-22-11-8-19-32(35)33-20-9-12-23-36(33)42)30-17-15-18-31(28-30)41(5,27-7-2)43-37-24-13-10-21-34(37)39-29(3)16-14-25-38(39)43;1-2/h6-11,13,15,17-22,24,26-29H,12,14,16,23,25H2,1-5H3;1-2H3. The maximum atomic E-state index is 2.68. The van der Waals surface area contributed by atoms with Crippen LogP contribution in [0.15, 0.2) is 103 Å². The van der Waals surface area contributed by atoms with Crippen molar-refractivity contribution in [1.29, 1.82) is 0 Å². The van der Waals surface area contributed by atoms with Crippen LogP contribution in [0.4, 0.5) is 0 Å². The molecule has 45 heavy (non-hydrogen) atoms. The quantitative estimate of drug-likeness (QED) is 0.173. The Bertz CT molecular complexity index is 1920. The molecule has 2 heterocycles. The molecule has 0 spiro atoms.